The first-order valence-corrected chi connectivity index (χ1v) is 7.62. The summed E-state index contributed by atoms with van der Waals surface area (Å²) >= 11 is 1.31. The molecule has 0 saturated carbocycles. The molecule has 0 saturated heterocycles. The third kappa shape index (κ3) is 2.25. The van der Waals surface area contributed by atoms with Gasteiger partial charge in [-0.2, -0.15) is 9.61 Å². The molecule has 0 bridgehead atoms. The van der Waals surface area contributed by atoms with Crippen molar-refractivity contribution in [3.63, 3.8) is 0 Å². The first-order valence-electron chi connectivity index (χ1n) is 6.80. The predicted octanol–water partition coefficient (Wildman–Crippen LogP) is 2.41. The summed E-state index contributed by atoms with van der Waals surface area (Å²) in [6.45, 7) is 0. The Balaban J connectivity index is 1.82. The monoisotopic (exact) mass is 339 g/mol. The Morgan fingerprint density at radius 2 is 1.96 bits per heavy atom. The number of nitro benzene ring substituents is 1. The van der Waals surface area contributed by atoms with Gasteiger partial charge in [-0.05, 0) is 18.2 Å². The molecule has 0 aliphatic carbocycles. The zero-order valence-corrected chi connectivity index (χ0v) is 12.8. The van der Waals surface area contributed by atoms with E-state index in [9.17, 15) is 10.1 Å². The van der Waals surface area contributed by atoms with Crippen molar-refractivity contribution >= 4 is 27.7 Å². The largest absolute Gasteiger partial charge is 0.398 e. The van der Waals surface area contributed by atoms with Gasteiger partial charge in [-0.25, -0.2) is 0 Å². The topological polar surface area (TPSA) is 125 Å². The Bertz CT molecular complexity index is 1060. The Morgan fingerprint density at radius 3 is 2.67 bits per heavy atom. The summed E-state index contributed by atoms with van der Waals surface area (Å²) in [4.78, 5) is 14.9. The van der Waals surface area contributed by atoms with Crippen molar-refractivity contribution in [2.75, 3.05) is 5.73 Å². The molecule has 2 N–H and O–H groups in total. The van der Waals surface area contributed by atoms with E-state index in [0.717, 1.165) is 5.56 Å². The van der Waals surface area contributed by atoms with Crippen LogP contribution in [0, 0.1) is 10.1 Å². The lowest BCUT2D eigenvalue weighted by atomic mass is 10.2. The van der Waals surface area contributed by atoms with E-state index in [4.69, 9.17) is 5.73 Å². The first kappa shape index (κ1) is 14.2. The molecule has 0 atom stereocenters. The highest BCUT2D eigenvalue weighted by Gasteiger charge is 2.17. The van der Waals surface area contributed by atoms with E-state index in [-0.39, 0.29) is 5.69 Å². The Hall–Kier alpha value is -3.40. The van der Waals surface area contributed by atoms with Crippen LogP contribution in [0.2, 0.25) is 0 Å². The van der Waals surface area contributed by atoms with Gasteiger partial charge in [-0.15, -0.1) is 10.2 Å². The van der Waals surface area contributed by atoms with E-state index in [1.54, 1.807) is 23.0 Å². The maximum absolute atomic E-state index is 10.8. The number of benzene rings is 1. The number of rotatable bonds is 3. The van der Waals surface area contributed by atoms with Gasteiger partial charge in [-0.3, -0.25) is 15.1 Å². The minimum Gasteiger partial charge on any atom is -0.398 e. The zero-order chi connectivity index (χ0) is 16.7. The Kier molecular flexibility index (Phi) is 3.17. The number of non-ortho nitro benzene ring substituents is 1. The Morgan fingerprint density at radius 1 is 1.17 bits per heavy atom. The van der Waals surface area contributed by atoms with Gasteiger partial charge < -0.3 is 5.73 Å². The molecule has 0 fully saturated rings. The molecule has 4 rings (SSSR count). The zero-order valence-electron chi connectivity index (χ0n) is 12.0. The van der Waals surface area contributed by atoms with E-state index < -0.39 is 4.92 Å². The highest BCUT2D eigenvalue weighted by molar-refractivity contribution is 7.19. The summed E-state index contributed by atoms with van der Waals surface area (Å²) in [5.41, 5.74) is 7.63. The maximum atomic E-state index is 10.8. The van der Waals surface area contributed by atoms with Crippen LogP contribution in [0.3, 0.4) is 0 Å². The molecule has 10 heteroatoms. The van der Waals surface area contributed by atoms with Crippen molar-refractivity contribution in [2.24, 2.45) is 0 Å². The van der Waals surface area contributed by atoms with Crippen LogP contribution in [0.5, 0.6) is 0 Å². The van der Waals surface area contributed by atoms with Crippen molar-refractivity contribution in [1.82, 2.24) is 24.8 Å². The SMILES string of the molecule is Nc1cc([N+](=O)[O-])ccc1-c1nn2c(-c3ccncc3)nnc2s1. The molecule has 3 heterocycles. The normalized spacial score (nSPS) is 11.0. The molecule has 3 aromatic heterocycles. The number of aromatic nitrogens is 5. The fourth-order valence-electron chi connectivity index (χ4n) is 2.27. The summed E-state index contributed by atoms with van der Waals surface area (Å²) in [6, 6.07) is 7.94. The minimum absolute atomic E-state index is 0.0586. The highest BCUT2D eigenvalue weighted by atomic mass is 32.1. The van der Waals surface area contributed by atoms with E-state index in [1.165, 1.54) is 23.5 Å². The number of hydrogen-bond acceptors (Lipinski definition) is 8. The molecule has 0 unspecified atom stereocenters. The van der Waals surface area contributed by atoms with Crippen LogP contribution in [0.4, 0.5) is 11.4 Å². The number of hydrogen-bond donors (Lipinski definition) is 1. The van der Waals surface area contributed by atoms with Crippen LogP contribution in [-0.4, -0.2) is 29.7 Å². The van der Waals surface area contributed by atoms with Crippen molar-refractivity contribution in [3.05, 3.63) is 52.8 Å². The van der Waals surface area contributed by atoms with E-state index in [1.807, 2.05) is 12.1 Å². The summed E-state index contributed by atoms with van der Waals surface area (Å²) < 4.78 is 1.62. The second kappa shape index (κ2) is 5.35. The second-order valence-corrected chi connectivity index (χ2v) is 5.85. The second-order valence-electron chi connectivity index (χ2n) is 4.89. The van der Waals surface area contributed by atoms with Gasteiger partial charge in [0.25, 0.3) is 5.69 Å². The minimum atomic E-state index is -0.486. The molecule has 0 radical (unpaired) electrons. The van der Waals surface area contributed by atoms with Gasteiger partial charge in [-0.1, -0.05) is 11.3 Å². The molecule has 1 aromatic carbocycles. The van der Waals surface area contributed by atoms with Gasteiger partial charge in [0.1, 0.15) is 5.01 Å². The smallest absolute Gasteiger partial charge is 0.271 e. The van der Waals surface area contributed by atoms with Crippen molar-refractivity contribution in [1.29, 1.82) is 0 Å². The average molecular weight is 339 g/mol. The lowest BCUT2D eigenvalue weighted by Crippen LogP contribution is -1.95. The number of nitrogens with two attached hydrogens (primary N) is 1. The number of fused-ring (bicyclic) bond motifs is 1. The quantitative estimate of drug-likeness (QED) is 0.345. The number of nitrogens with zero attached hydrogens (tertiary/aromatic N) is 6. The fraction of sp³-hybridized carbons (Fsp3) is 0. The van der Waals surface area contributed by atoms with Gasteiger partial charge in [0.2, 0.25) is 4.96 Å². The van der Waals surface area contributed by atoms with Gasteiger partial charge in [0, 0.05) is 41.3 Å². The van der Waals surface area contributed by atoms with Crippen LogP contribution in [0.25, 0.3) is 26.9 Å². The van der Waals surface area contributed by atoms with Crippen LogP contribution in [0.15, 0.2) is 42.7 Å². The van der Waals surface area contributed by atoms with Gasteiger partial charge in [0.05, 0.1) is 4.92 Å². The summed E-state index contributed by atoms with van der Waals surface area (Å²) in [5, 5.41) is 24.2. The highest BCUT2D eigenvalue weighted by Crippen LogP contribution is 2.33. The molecule has 0 aliphatic heterocycles. The van der Waals surface area contributed by atoms with Gasteiger partial charge >= 0.3 is 0 Å². The molecular weight excluding hydrogens is 330 g/mol. The first-order chi connectivity index (χ1) is 11.6. The molecule has 0 amide bonds. The lowest BCUT2D eigenvalue weighted by molar-refractivity contribution is -0.384. The third-order valence-corrected chi connectivity index (χ3v) is 4.34. The van der Waals surface area contributed by atoms with Crippen molar-refractivity contribution < 1.29 is 4.92 Å². The van der Waals surface area contributed by atoms with E-state index in [0.29, 0.717) is 27.0 Å². The fourth-order valence-corrected chi connectivity index (χ4v) is 3.15. The molecule has 0 spiro atoms. The van der Waals surface area contributed by atoms with Crippen LogP contribution in [-0.2, 0) is 0 Å². The number of nitro groups is 1. The summed E-state index contributed by atoms with van der Waals surface area (Å²) in [6.07, 6.45) is 3.33. The number of anilines is 1. The third-order valence-electron chi connectivity index (χ3n) is 3.41. The molecular formula is C14H9N7O2S. The van der Waals surface area contributed by atoms with Crippen molar-refractivity contribution in [3.8, 4) is 22.0 Å². The van der Waals surface area contributed by atoms with Crippen molar-refractivity contribution in [2.45, 2.75) is 0 Å². The predicted molar refractivity (Wildman–Crippen MR) is 88.4 cm³/mol. The standard InChI is InChI=1S/C14H9N7O2S/c15-11-7-9(21(22)23)1-2-10(11)13-19-20-12(17-18-14(20)24-13)8-3-5-16-6-4-8/h1-7H,15H2. The lowest BCUT2D eigenvalue weighted by Gasteiger charge is -2.01. The van der Waals surface area contributed by atoms with Crippen LogP contribution < -0.4 is 5.73 Å². The number of pyridine rings is 1. The molecule has 9 nitrogen and oxygen atoms in total. The molecule has 118 valence electrons. The van der Waals surface area contributed by atoms with Crippen LogP contribution >= 0.6 is 11.3 Å². The summed E-state index contributed by atoms with van der Waals surface area (Å²) in [5.74, 6) is 0.593. The van der Waals surface area contributed by atoms with Gasteiger partial charge in [0.15, 0.2) is 5.82 Å². The molecule has 24 heavy (non-hydrogen) atoms. The maximum Gasteiger partial charge on any atom is 0.271 e. The van der Waals surface area contributed by atoms with Crippen LogP contribution in [0.1, 0.15) is 0 Å². The molecule has 4 aromatic rings. The summed E-state index contributed by atoms with van der Waals surface area (Å²) in [7, 11) is 0. The average Bonchev–Trinajstić information content (AvgIpc) is 3.15. The van der Waals surface area contributed by atoms with E-state index >= 15 is 0 Å². The number of nitrogen functional groups attached to an aromatic ring is 1. The Labute approximate surface area is 138 Å². The molecule has 0 aliphatic rings. The van der Waals surface area contributed by atoms with E-state index in [2.05, 4.69) is 20.3 Å².